The summed E-state index contributed by atoms with van der Waals surface area (Å²) in [7, 11) is -3.36. The molecule has 0 aliphatic carbocycles. The maximum Gasteiger partial charge on any atom is 0.234 e. The van der Waals surface area contributed by atoms with Gasteiger partial charge in [-0.2, -0.15) is 0 Å². The van der Waals surface area contributed by atoms with E-state index in [2.05, 4.69) is 9.71 Å². The van der Waals surface area contributed by atoms with Crippen LogP contribution in [0.2, 0.25) is 0 Å². The second-order valence-corrected chi connectivity index (χ2v) is 8.19. The Kier molecular flexibility index (Phi) is 4.74. The van der Waals surface area contributed by atoms with Gasteiger partial charge in [0, 0.05) is 5.38 Å². The van der Waals surface area contributed by atoms with Gasteiger partial charge in [0.25, 0.3) is 0 Å². The zero-order valence-electron chi connectivity index (χ0n) is 11.1. The van der Waals surface area contributed by atoms with Crippen LogP contribution in [0.3, 0.4) is 0 Å². The van der Waals surface area contributed by atoms with Crippen LogP contribution < -0.4 is 4.72 Å². The molecule has 1 aromatic heterocycles. The molecule has 18 heavy (non-hydrogen) atoms. The van der Waals surface area contributed by atoms with Crippen LogP contribution in [0.4, 0.5) is 5.13 Å². The van der Waals surface area contributed by atoms with E-state index in [1.807, 2.05) is 20.8 Å². The largest absolute Gasteiger partial charge is 0.387 e. The first-order valence-corrected chi connectivity index (χ1v) is 8.26. The molecule has 0 fully saturated rings. The normalized spacial score (nSPS) is 14.5. The van der Waals surface area contributed by atoms with Crippen LogP contribution in [0, 0.1) is 5.41 Å². The van der Waals surface area contributed by atoms with Crippen molar-refractivity contribution >= 4 is 26.5 Å². The summed E-state index contributed by atoms with van der Waals surface area (Å²) >= 11 is 1.18. The number of aliphatic hydroxyl groups is 1. The van der Waals surface area contributed by atoms with Gasteiger partial charge in [-0.3, -0.25) is 4.72 Å². The number of nitrogens with one attached hydrogen (secondary N) is 1. The van der Waals surface area contributed by atoms with E-state index in [0.717, 1.165) is 0 Å². The van der Waals surface area contributed by atoms with Crippen LogP contribution in [-0.4, -0.2) is 24.3 Å². The van der Waals surface area contributed by atoms with E-state index >= 15 is 0 Å². The molecule has 1 aromatic rings. The van der Waals surface area contributed by atoms with E-state index < -0.39 is 16.1 Å². The van der Waals surface area contributed by atoms with Crippen molar-refractivity contribution in [3.05, 3.63) is 11.1 Å². The Morgan fingerprint density at radius 1 is 1.50 bits per heavy atom. The molecule has 0 bridgehead atoms. The SMILES string of the molecule is CC(O)c1csc(NS(=O)(=O)CCC(C)(C)C)n1. The maximum atomic E-state index is 11.8. The van der Waals surface area contributed by atoms with Gasteiger partial charge in [-0.1, -0.05) is 20.8 Å². The van der Waals surface area contributed by atoms with Crippen molar-refractivity contribution in [3.8, 4) is 0 Å². The smallest absolute Gasteiger partial charge is 0.234 e. The summed E-state index contributed by atoms with van der Waals surface area (Å²) in [6, 6.07) is 0. The van der Waals surface area contributed by atoms with Gasteiger partial charge in [0.05, 0.1) is 17.6 Å². The van der Waals surface area contributed by atoms with E-state index in [1.165, 1.54) is 11.3 Å². The summed E-state index contributed by atoms with van der Waals surface area (Å²) in [5.41, 5.74) is 0.455. The van der Waals surface area contributed by atoms with Gasteiger partial charge < -0.3 is 5.11 Å². The van der Waals surface area contributed by atoms with Crippen LogP contribution in [0.25, 0.3) is 0 Å². The molecular formula is C11H20N2O3S2. The highest BCUT2D eigenvalue weighted by Gasteiger charge is 2.18. The lowest BCUT2D eigenvalue weighted by Crippen LogP contribution is -2.20. The highest BCUT2D eigenvalue weighted by Crippen LogP contribution is 2.23. The van der Waals surface area contributed by atoms with E-state index in [9.17, 15) is 13.5 Å². The number of rotatable bonds is 5. The molecule has 0 saturated heterocycles. The fraction of sp³-hybridized carbons (Fsp3) is 0.727. The monoisotopic (exact) mass is 292 g/mol. The second-order valence-electron chi connectivity index (χ2n) is 5.49. The van der Waals surface area contributed by atoms with Crippen molar-refractivity contribution in [2.45, 2.75) is 40.2 Å². The van der Waals surface area contributed by atoms with Crippen LogP contribution >= 0.6 is 11.3 Å². The van der Waals surface area contributed by atoms with Crippen LogP contribution in [0.1, 0.15) is 45.9 Å². The Morgan fingerprint density at radius 3 is 2.56 bits per heavy atom. The Morgan fingerprint density at radius 2 is 2.11 bits per heavy atom. The van der Waals surface area contributed by atoms with Gasteiger partial charge in [-0.25, -0.2) is 13.4 Å². The minimum Gasteiger partial charge on any atom is -0.387 e. The molecule has 5 nitrogen and oxygen atoms in total. The van der Waals surface area contributed by atoms with Gasteiger partial charge in [-0.15, -0.1) is 11.3 Å². The van der Waals surface area contributed by atoms with Gasteiger partial charge in [0.15, 0.2) is 5.13 Å². The maximum absolute atomic E-state index is 11.8. The van der Waals surface area contributed by atoms with Crippen LogP contribution in [0.15, 0.2) is 5.38 Å². The van der Waals surface area contributed by atoms with Crippen molar-refractivity contribution in [2.75, 3.05) is 10.5 Å². The van der Waals surface area contributed by atoms with E-state index in [1.54, 1.807) is 12.3 Å². The Hall–Kier alpha value is -0.660. The standard InChI is InChI=1S/C11H20N2O3S2/c1-8(14)9-7-17-10(12-9)13-18(15,16)6-5-11(2,3)4/h7-8,14H,5-6H2,1-4H3,(H,12,13). The second kappa shape index (κ2) is 5.54. The summed E-state index contributed by atoms with van der Waals surface area (Å²) < 4.78 is 26.1. The molecule has 0 aliphatic rings. The van der Waals surface area contributed by atoms with Crippen molar-refractivity contribution in [1.29, 1.82) is 0 Å². The van der Waals surface area contributed by atoms with Gasteiger partial charge >= 0.3 is 0 Å². The lowest BCUT2D eigenvalue weighted by atomic mass is 9.94. The first kappa shape index (κ1) is 15.4. The molecule has 1 rings (SSSR count). The number of anilines is 1. The van der Waals surface area contributed by atoms with Crippen LogP contribution in [0.5, 0.6) is 0 Å². The predicted molar refractivity (Wildman–Crippen MR) is 74.2 cm³/mol. The van der Waals surface area contributed by atoms with Crippen molar-refractivity contribution in [2.24, 2.45) is 5.41 Å². The lowest BCUT2D eigenvalue weighted by molar-refractivity contribution is 0.195. The molecule has 0 radical (unpaired) electrons. The minimum absolute atomic E-state index is 0.0254. The van der Waals surface area contributed by atoms with Gasteiger partial charge in [0.2, 0.25) is 10.0 Å². The molecule has 1 unspecified atom stereocenters. The molecule has 2 N–H and O–H groups in total. The average molecular weight is 292 g/mol. The first-order chi connectivity index (χ1) is 8.09. The summed E-state index contributed by atoms with van der Waals surface area (Å²) in [4.78, 5) is 4.02. The number of hydrogen-bond donors (Lipinski definition) is 2. The zero-order valence-corrected chi connectivity index (χ0v) is 12.7. The number of sulfonamides is 1. The topological polar surface area (TPSA) is 79.3 Å². The molecule has 0 amide bonds. The fourth-order valence-electron chi connectivity index (χ4n) is 1.15. The third kappa shape index (κ3) is 5.32. The Bertz CT molecular complexity index is 487. The molecule has 0 aliphatic heterocycles. The van der Waals surface area contributed by atoms with E-state index in [0.29, 0.717) is 17.2 Å². The van der Waals surface area contributed by atoms with Crippen molar-refractivity contribution < 1.29 is 13.5 Å². The zero-order chi connectivity index (χ0) is 14.0. The molecule has 1 atom stereocenters. The molecule has 1 heterocycles. The third-order valence-corrected chi connectivity index (χ3v) is 4.46. The first-order valence-electron chi connectivity index (χ1n) is 5.73. The van der Waals surface area contributed by atoms with Crippen molar-refractivity contribution in [1.82, 2.24) is 4.98 Å². The Balaban J connectivity index is 2.65. The third-order valence-electron chi connectivity index (χ3n) is 2.31. The van der Waals surface area contributed by atoms with E-state index in [4.69, 9.17) is 0 Å². The molecular weight excluding hydrogens is 272 g/mol. The highest BCUT2D eigenvalue weighted by molar-refractivity contribution is 7.92. The quantitative estimate of drug-likeness (QED) is 0.873. The number of thiazole rings is 1. The number of hydrogen-bond acceptors (Lipinski definition) is 5. The summed E-state index contributed by atoms with van der Waals surface area (Å²) in [5.74, 6) is 0.0695. The van der Waals surface area contributed by atoms with Crippen molar-refractivity contribution in [3.63, 3.8) is 0 Å². The summed E-state index contributed by atoms with van der Waals surface area (Å²) in [6.07, 6.45) is -0.106. The number of nitrogens with zero attached hydrogens (tertiary/aromatic N) is 1. The Labute approximate surface area is 112 Å². The fourth-order valence-corrected chi connectivity index (χ4v) is 3.66. The molecule has 104 valence electrons. The number of aromatic nitrogens is 1. The van der Waals surface area contributed by atoms with Gasteiger partial charge in [-0.05, 0) is 18.8 Å². The number of aliphatic hydroxyl groups excluding tert-OH is 1. The average Bonchev–Trinajstić information content (AvgIpc) is 2.62. The van der Waals surface area contributed by atoms with Gasteiger partial charge in [0.1, 0.15) is 0 Å². The predicted octanol–water partition coefficient (Wildman–Crippen LogP) is 2.37. The molecule has 0 aromatic carbocycles. The highest BCUT2D eigenvalue weighted by atomic mass is 32.2. The summed E-state index contributed by atoms with van der Waals surface area (Å²) in [6.45, 7) is 7.58. The molecule has 0 saturated carbocycles. The molecule has 7 heteroatoms. The van der Waals surface area contributed by atoms with Crippen LogP contribution in [-0.2, 0) is 10.0 Å². The minimum atomic E-state index is -3.36. The summed E-state index contributed by atoms with van der Waals surface area (Å²) in [5, 5.41) is 11.3. The van der Waals surface area contributed by atoms with E-state index in [-0.39, 0.29) is 11.2 Å². The molecule has 0 spiro atoms. The lowest BCUT2D eigenvalue weighted by Gasteiger charge is -2.17.